The Bertz CT molecular complexity index is 2680. The molecule has 0 heterocycles. The van der Waals surface area contributed by atoms with Gasteiger partial charge in [0.1, 0.15) is 49.1 Å². The Kier molecular flexibility index (Phi) is 27.1. The summed E-state index contributed by atoms with van der Waals surface area (Å²) >= 11 is 0. The molecule has 0 bridgehead atoms. The predicted octanol–water partition coefficient (Wildman–Crippen LogP) is 16.8. The van der Waals surface area contributed by atoms with Crippen LogP contribution in [0, 0.1) is 5.41 Å². The number of carbonyl (C=O) groups is 4. The van der Waals surface area contributed by atoms with Gasteiger partial charge in [-0.25, -0.2) is 0 Å². The zero-order valence-corrected chi connectivity index (χ0v) is 58.8. The lowest BCUT2D eigenvalue weighted by Gasteiger charge is -2.31. The monoisotopic (exact) mass is 1210 g/mol. The van der Waals surface area contributed by atoms with E-state index in [1.54, 1.807) is 0 Å². The van der Waals surface area contributed by atoms with Crippen molar-refractivity contribution in [1.82, 2.24) is 0 Å². The van der Waals surface area contributed by atoms with E-state index in [0.717, 1.165) is 86.7 Å². The maximum Gasteiger partial charge on any atom is 0.306 e. The van der Waals surface area contributed by atoms with Gasteiger partial charge in [-0.2, -0.15) is 0 Å². The molecule has 0 unspecified atom stereocenters. The number of methoxy groups -OCH3 is 1. The minimum Gasteiger partial charge on any atom is -0.507 e. The van der Waals surface area contributed by atoms with Gasteiger partial charge in [0.25, 0.3) is 6.47 Å². The SMILES string of the molecule is CC(C)(C)c1cc(CCC=O)cc(C(C)(C)C)c1O.CCCc1cc(C(C)(C)C)c(O)c(C(C)(C)C)c1.COCC(COC=O)(COC(=O)CCc1cc(C(C)(C)C)c(O)c(C(C)(C)C)c1)COC(=O)CCc1cc(C(C)(C)C)c(O)c(C(C)(C)C)c1. The maximum atomic E-state index is 13.0. The number of phenolic OH excluding ortho intramolecular Hbond substituents is 4. The molecule has 0 radical (unpaired) electrons. The number of phenols is 4. The number of ether oxygens (including phenoxy) is 4. The largest absolute Gasteiger partial charge is 0.507 e. The minimum atomic E-state index is -1.12. The number of aldehydes is 1. The minimum absolute atomic E-state index is 0.00505. The second-order valence-electron chi connectivity index (χ2n) is 32.3. The first-order valence-electron chi connectivity index (χ1n) is 31.3. The summed E-state index contributed by atoms with van der Waals surface area (Å²) in [7, 11) is 1.47. The van der Waals surface area contributed by atoms with Crippen molar-refractivity contribution in [3.05, 3.63) is 115 Å². The summed E-state index contributed by atoms with van der Waals surface area (Å²) in [5.41, 5.74) is 9.02. The van der Waals surface area contributed by atoms with E-state index in [4.69, 9.17) is 18.9 Å². The average Bonchev–Trinajstić information content (AvgIpc) is 0.895. The molecule has 12 heteroatoms. The summed E-state index contributed by atoms with van der Waals surface area (Å²) in [5, 5.41) is 43.2. The third kappa shape index (κ3) is 23.5. The van der Waals surface area contributed by atoms with Crippen LogP contribution in [0.25, 0.3) is 0 Å². The Morgan fingerprint density at radius 2 is 0.621 bits per heavy atom. The Morgan fingerprint density at radius 1 is 0.379 bits per heavy atom. The molecule has 87 heavy (non-hydrogen) atoms. The molecule has 0 spiro atoms. The topological polar surface area (TPSA) is 186 Å². The summed E-state index contributed by atoms with van der Waals surface area (Å²) < 4.78 is 21.9. The summed E-state index contributed by atoms with van der Waals surface area (Å²) in [5.74, 6) is 0.491. The van der Waals surface area contributed by atoms with Crippen LogP contribution in [0.5, 0.6) is 23.0 Å². The van der Waals surface area contributed by atoms with Gasteiger partial charge >= 0.3 is 11.9 Å². The van der Waals surface area contributed by atoms with Gasteiger partial charge in [-0.3, -0.25) is 14.4 Å². The van der Waals surface area contributed by atoms with E-state index >= 15 is 0 Å². The van der Waals surface area contributed by atoms with Gasteiger partial charge in [-0.1, -0.05) is 228 Å². The van der Waals surface area contributed by atoms with E-state index in [-0.39, 0.29) is 94.1 Å². The molecule has 0 fully saturated rings. The van der Waals surface area contributed by atoms with Crippen LogP contribution in [0.4, 0.5) is 0 Å². The highest BCUT2D eigenvalue weighted by Gasteiger charge is 2.37. The Balaban J connectivity index is 0.000000563. The van der Waals surface area contributed by atoms with E-state index in [9.17, 15) is 39.6 Å². The van der Waals surface area contributed by atoms with Crippen LogP contribution in [0.1, 0.15) is 266 Å². The number of esters is 2. The number of benzene rings is 4. The normalized spacial score (nSPS) is 12.8. The van der Waals surface area contributed by atoms with E-state index in [1.807, 2.05) is 119 Å². The average molecular weight is 1210 g/mol. The van der Waals surface area contributed by atoms with Crippen molar-refractivity contribution in [2.45, 2.75) is 268 Å². The van der Waals surface area contributed by atoms with Crippen molar-refractivity contribution in [3.63, 3.8) is 0 Å². The van der Waals surface area contributed by atoms with Crippen molar-refractivity contribution in [3.8, 4) is 23.0 Å². The number of carbonyl (C=O) groups excluding carboxylic acids is 4. The first-order chi connectivity index (χ1) is 39.5. The molecule has 0 aliphatic carbocycles. The molecular formula is C75H116O12. The number of hydrogen-bond acceptors (Lipinski definition) is 12. The molecule has 0 saturated heterocycles. The second kappa shape index (κ2) is 30.6. The molecule has 488 valence electrons. The zero-order chi connectivity index (χ0) is 67.3. The fourth-order valence-electron chi connectivity index (χ4n) is 10.3. The van der Waals surface area contributed by atoms with Crippen molar-refractivity contribution in [2.24, 2.45) is 5.41 Å². The highest BCUT2D eigenvalue weighted by Crippen LogP contribution is 2.44. The summed E-state index contributed by atoms with van der Waals surface area (Å²) in [6, 6.07) is 16.2. The smallest absolute Gasteiger partial charge is 0.306 e. The molecule has 0 saturated carbocycles. The fraction of sp³-hybridized carbons (Fsp3) is 0.627. The molecule has 0 aliphatic heterocycles. The molecule has 12 nitrogen and oxygen atoms in total. The van der Waals surface area contributed by atoms with Crippen LogP contribution >= 0.6 is 0 Å². The summed E-state index contributed by atoms with van der Waals surface area (Å²) in [4.78, 5) is 47.8. The fourth-order valence-corrected chi connectivity index (χ4v) is 10.3. The highest BCUT2D eigenvalue weighted by molar-refractivity contribution is 5.71. The van der Waals surface area contributed by atoms with Crippen LogP contribution in [0.15, 0.2) is 48.5 Å². The van der Waals surface area contributed by atoms with E-state index in [1.165, 1.54) is 12.7 Å². The van der Waals surface area contributed by atoms with E-state index < -0.39 is 17.4 Å². The van der Waals surface area contributed by atoms with Crippen molar-refractivity contribution in [2.75, 3.05) is 33.5 Å². The first kappa shape index (κ1) is 77.2. The van der Waals surface area contributed by atoms with E-state index in [2.05, 4.69) is 102 Å². The van der Waals surface area contributed by atoms with Gasteiger partial charge in [0.2, 0.25) is 0 Å². The zero-order valence-electron chi connectivity index (χ0n) is 58.8. The van der Waals surface area contributed by atoms with Gasteiger partial charge in [-0.05, 0) is 136 Å². The van der Waals surface area contributed by atoms with Gasteiger partial charge in [0, 0.05) is 26.4 Å². The number of aromatic hydroxyl groups is 4. The quantitative estimate of drug-likeness (QED) is 0.0373. The van der Waals surface area contributed by atoms with E-state index in [0.29, 0.717) is 37.2 Å². The molecular weight excluding hydrogens is 1090 g/mol. The molecule has 0 aliphatic rings. The standard InChI is InChI=1S/C41H62O9.C17H26O2.C17H28O/c1-37(2,3)29-18-27(19-30(35(29)45)38(4,5)6)14-16-33(43)49-24-41(22-47-13,23-48-26-42)25-50-34(44)17-15-28-20-31(39(7,8)9)36(46)32(21-28)40(10,11)12;1-16(2,3)13-10-12(8-7-9-18)11-14(15(13)19)17(4,5)6;1-8-9-12-10-13(16(2,3)4)15(18)14(11-12)17(5,6)7/h18-21,26,45-46H,14-17,22-25H2,1-13H3;9-11,19H,7-8H2,1-6H3;10-11,18H,8-9H2,1-7H3. The molecule has 0 atom stereocenters. The van der Waals surface area contributed by atoms with Gasteiger partial charge < -0.3 is 44.2 Å². The van der Waals surface area contributed by atoms with Crippen LogP contribution in [0.3, 0.4) is 0 Å². The third-order valence-electron chi connectivity index (χ3n) is 15.5. The second-order valence-corrected chi connectivity index (χ2v) is 32.3. The van der Waals surface area contributed by atoms with Crippen LogP contribution < -0.4 is 0 Å². The lowest BCUT2D eigenvalue weighted by atomic mass is 9.78. The summed E-state index contributed by atoms with van der Waals surface area (Å²) in [6.45, 7) is 51.9. The lowest BCUT2D eigenvalue weighted by Crippen LogP contribution is -2.42. The third-order valence-corrected chi connectivity index (χ3v) is 15.5. The molecule has 4 aromatic carbocycles. The number of rotatable bonds is 20. The molecule has 0 amide bonds. The lowest BCUT2D eigenvalue weighted by molar-refractivity contribution is -0.162. The van der Waals surface area contributed by atoms with Gasteiger partial charge in [-0.15, -0.1) is 0 Å². The highest BCUT2D eigenvalue weighted by atomic mass is 16.6. The molecule has 4 N–H and O–H groups in total. The van der Waals surface area contributed by atoms with Gasteiger partial charge in [0.15, 0.2) is 0 Å². The Hall–Kier alpha value is -5.88. The van der Waals surface area contributed by atoms with Crippen LogP contribution in [0.2, 0.25) is 0 Å². The Labute approximate surface area is 526 Å². The molecule has 0 aromatic heterocycles. The number of aryl methyl sites for hydroxylation is 4. The number of hydrogen-bond donors (Lipinski definition) is 4. The maximum absolute atomic E-state index is 13.0. The Morgan fingerprint density at radius 3 is 0.828 bits per heavy atom. The molecule has 4 rings (SSSR count). The first-order valence-corrected chi connectivity index (χ1v) is 31.3. The van der Waals surface area contributed by atoms with Crippen molar-refractivity contribution in [1.29, 1.82) is 0 Å². The van der Waals surface area contributed by atoms with Crippen LogP contribution in [-0.4, -0.2) is 78.7 Å². The predicted molar refractivity (Wildman–Crippen MR) is 355 cm³/mol. The van der Waals surface area contributed by atoms with Crippen molar-refractivity contribution >= 4 is 24.7 Å². The van der Waals surface area contributed by atoms with Gasteiger partial charge in [0.05, 0.1) is 12.0 Å². The summed E-state index contributed by atoms with van der Waals surface area (Å²) in [6.07, 6.45) is 5.36. The van der Waals surface area contributed by atoms with Crippen LogP contribution in [-0.2, 0) is 107 Å². The molecule has 4 aromatic rings. The van der Waals surface area contributed by atoms with Crippen molar-refractivity contribution < 1.29 is 58.6 Å².